The monoisotopic (exact) mass is 329 g/mol. The lowest BCUT2D eigenvalue weighted by Crippen LogP contribution is -2.51. The predicted octanol–water partition coefficient (Wildman–Crippen LogP) is 0.470. The molecule has 1 saturated heterocycles. The Hall–Kier alpha value is -3.03. The minimum absolute atomic E-state index is 0.0521. The third-order valence-electron chi connectivity index (χ3n) is 4.11. The highest BCUT2D eigenvalue weighted by Crippen LogP contribution is 2.40. The van der Waals surface area contributed by atoms with Gasteiger partial charge in [-0.1, -0.05) is 18.2 Å². The summed E-state index contributed by atoms with van der Waals surface area (Å²) < 4.78 is 4.62. The van der Waals surface area contributed by atoms with Gasteiger partial charge in [-0.3, -0.25) is 14.4 Å². The SMILES string of the molecule is COC(=O)C1=NN(C(C)=O)[C@]2(CC(=O)N(c3ccccc3)C2=O)C1. The van der Waals surface area contributed by atoms with Crippen molar-refractivity contribution in [1.82, 2.24) is 5.01 Å². The molecule has 0 aliphatic carbocycles. The molecule has 8 heteroatoms. The van der Waals surface area contributed by atoms with Crippen molar-refractivity contribution in [2.24, 2.45) is 5.10 Å². The van der Waals surface area contributed by atoms with Gasteiger partial charge in [0.05, 0.1) is 19.2 Å². The van der Waals surface area contributed by atoms with Crippen molar-refractivity contribution in [2.75, 3.05) is 12.0 Å². The van der Waals surface area contributed by atoms with Crippen LogP contribution in [0.25, 0.3) is 0 Å². The van der Waals surface area contributed by atoms with E-state index in [-0.39, 0.29) is 18.6 Å². The van der Waals surface area contributed by atoms with Gasteiger partial charge >= 0.3 is 5.97 Å². The number of nitrogens with zero attached hydrogens (tertiary/aromatic N) is 3. The molecule has 0 saturated carbocycles. The summed E-state index contributed by atoms with van der Waals surface area (Å²) in [5.41, 5.74) is -1.13. The Kier molecular flexibility index (Phi) is 3.67. The van der Waals surface area contributed by atoms with Gasteiger partial charge in [0, 0.05) is 13.3 Å². The zero-order chi connectivity index (χ0) is 17.5. The van der Waals surface area contributed by atoms with Crippen molar-refractivity contribution in [3.8, 4) is 0 Å². The second-order valence-electron chi connectivity index (χ2n) is 5.62. The van der Waals surface area contributed by atoms with Gasteiger partial charge in [0.15, 0.2) is 5.54 Å². The normalized spacial score (nSPS) is 23.0. The van der Waals surface area contributed by atoms with Crippen LogP contribution in [0.5, 0.6) is 0 Å². The van der Waals surface area contributed by atoms with Crippen molar-refractivity contribution in [3.05, 3.63) is 30.3 Å². The van der Waals surface area contributed by atoms with Crippen LogP contribution in [0.4, 0.5) is 5.69 Å². The minimum Gasteiger partial charge on any atom is -0.464 e. The lowest BCUT2D eigenvalue weighted by molar-refractivity contribution is -0.141. The molecule has 0 aromatic heterocycles. The smallest absolute Gasteiger partial charge is 0.354 e. The number of amides is 3. The molecular weight excluding hydrogens is 314 g/mol. The third kappa shape index (κ3) is 2.18. The zero-order valence-electron chi connectivity index (χ0n) is 13.2. The van der Waals surface area contributed by atoms with Crippen LogP contribution in [-0.2, 0) is 23.9 Å². The first-order valence-electron chi connectivity index (χ1n) is 7.30. The summed E-state index contributed by atoms with van der Waals surface area (Å²) in [5, 5.41) is 4.87. The van der Waals surface area contributed by atoms with Gasteiger partial charge in [0.25, 0.3) is 5.91 Å². The molecule has 1 atom stereocenters. The molecule has 3 rings (SSSR count). The lowest BCUT2D eigenvalue weighted by atomic mass is 9.91. The van der Waals surface area contributed by atoms with Gasteiger partial charge in [0.2, 0.25) is 11.8 Å². The average molecular weight is 329 g/mol. The molecule has 124 valence electrons. The fourth-order valence-electron chi connectivity index (χ4n) is 3.07. The summed E-state index contributed by atoms with van der Waals surface area (Å²) in [6.07, 6.45) is -0.378. The quantitative estimate of drug-likeness (QED) is 0.580. The number of methoxy groups -OCH3 is 1. The van der Waals surface area contributed by atoms with Crippen molar-refractivity contribution in [2.45, 2.75) is 25.3 Å². The Bertz CT molecular complexity index is 773. The number of hydrogen-bond acceptors (Lipinski definition) is 6. The molecule has 0 unspecified atom stereocenters. The van der Waals surface area contributed by atoms with Crippen LogP contribution in [0.2, 0.25) is 0 Å². The van der Waals surface area contributed by atoms with Gasteiger partial charge in [-0.25, -0.2) is 14.7 Å². The van der Waals surface area contributed by atoms with E-state index in [4.69, 9.17) is 0 Å². The number of anilines is 1. The van der Waals surface area contributed by atoms with Crippen LogP contribution < -0.4 is 4.90 Å². The Morgan fingerprint density at radius 3 is 2.42 bits per heavy atom. The Morgan fingerprint density at radius 1 is 1.17 bits per heavy atom. The summed E-state index contributed by atoms with van der Waals surface area (Å²) in [6, 6.07) is 8.43. The number of para-hydroxylation sites is 1. The van der Waals surface area contributed by atoms with E-state index in [0.29, 0.717) is 5.69 Å². The van der Waals surface area contributed by atoms with Gasteiger partial charge in [-0.05, 0) is 12.1 Å². The van der Waals surface area contributed by atoms with E-state index in [1.54, 1.807) is 30.3 Å². The number of benzene rings is 1. The molecular formula is C16H15N3O5. The molecule has 1 aromatic rings. The number of imide groups is 1. The summed E-state index contributed by atoms with van der Waals surface area (Å²) >= 11 is 0. The first-order valence-corrected chi connectivity index (χ1v) is 7.30. The Balaban J connectivity index is 2.02. The zero-order valence-corrected chi connectivity index (χ0v) is 13.2. The number of ether oxygens (including phenoxy) is 1. The number of esters is 1. The number of hydrazone groups is 1. The van der Waals surface area contributed by atoms with E-state index in [2.05, 4.69) is 9.84 Å². The van der Waals surface area contributed by atoms with Crippen molar-refractivity contribution < 1.29 is 23.9 Å². The predicted molar refractivity (Wildman–Crippen MR) is 82.9 cm³/mol. The Labute approximate surface area is 137 Å². The molecule has 2 heterocycles. The van der Waals surface area contributed by atoms with Crippen LogP contribution >= 0.6 is 0 Å². The van der Waals surface area contributed by atoms with Gasteiger partial charge in [0.1, 0.15) is 5.71 Å². The second-order valence-corrected chi connectivity index (χ2v) is 5.62. The second kappa shape index (κ2) is 5.55. The average Bonchev–Trinajstić information content (AvgIpc) is 3.06. The number of rotatable bonds is 2. The fraction of sp³-hybridized carbons (Fsp3) is 0.312. The van der Waals surface area contributed by atoms with E-state index < -0.39 is 29.2 Å². The van der Waals surface area contributed by atoms with E-state index in [0.717, 1.165) is 9.91 Å². The standard InChI is InChI=1S/C16H15N3O5/c1-10(20)19-16(8-12(17-19)14(22)24-2)9-13(21)18(15(16)23)11-6-4-3-5-7-11/h3-7H,8-9H2,1-2H3/t16-/m0/s1. The van der Waals surface area contributed by atoms with E-state index in [9.17, 15) is 19.2 Å². The molecule has 0 radical (unpaired) electrons. The van der Waals surface area contributed by atoms with E-state index in [1.165, 1.54) is 14.0 Å². The van der Waals surface area contributed by atoms with E-state index in [1.807, 2.05) is 0 Å². The van der Waals surface area contributed by atoms with E-state index >= 15 is 0 Å². The summed E-state index contributed by atoms with van der Waals surface area (Å²) in [4.78, 5) is 50.2. The van der Waals surface area contributed by atoms with Crippen molar-refractivity contribution in [3.63, 3.8) is 0 Å². The number of hydrogen-bond donors (Lipinski definition) is 0. The third-order valence-corrected chi connectivity index (χ3v) is 4.11. The molecule has 1 fully saturated rings. The first kappa shape index (κ1) is 15.9. The molecule has 0 bridgehead atoms. The van der Waals surface area contributed by atoms with Gasteiger partial charge < -0.3 is 4.74 Å². The molecule has 3 amide bonds. The topological polar surface area (TPSA) is 96.3 Å². The molecule has 2 aliphatic rings. The number of carbonyl (C=O) groups excluding carboxylic acids is 4. The molecule has 1 spiro atoms. The van der Waals surface area contributed by atoms with Crippen LogP contribution in [0.1, 0.15) is 19.8 Å². The first-order chi connectivity index (χ1) is 11.4. The number of carbonyl (C=O) groups is 4. The largest absolute Gasteiger partial charge is 0.464 e. The van der Waals surface area contributed by atoms with Crippen LogP contribution in [0, 0.1) is 0 Å². The van der Waals surface area contributed by atoms with Gasteiger partial charge in [-0.2, -0.15) is 5.10 Å². The highest BCUT2D eigenvalue weighted by Gasteiger charge is 2.61. The molecule has 2 aliphatic heterocycles. The van der Waals surface area contributed by atoms with Crippen LogP contribution in [-0.4, -0.2) is 47.1 Å². The molecule has 24 heavy (non-hydrogen) atoms. The maximum absolute atomic E-state index is 13.0. The highest BCUT2D eigenvalue weighted by atomic mass is 16.5. The fourth-order valence-corrected chi connectivity index (χ4v) is 3.07. The Morgan fingerprint density at radius 2 is 1.83 bits per heavy atom. The van der Waals surface area contributed by atoms with Gasteiger partial charge in [-0.15, -0.1) is 0 Å². The summed E-state index contributed by atoms with van der Waals surface area (Å²) in [5.74, 6) is -2.27. The molecule has 8 nitrogen and oxygen atoms in total. The molecule has 0 N–H and O–H groups in total. The van der Waals surface area contributed by atoms with Crippen molar-refractivity contribution in [1.29, 1.82) is 0 Å². The lowest BCUT2D eigenvalue weighted by Gasteiger charge is -2.28. The summed E-state index contributed by atoms with van der Waals surface area (Å²) in [7, 11) is 1.19. The highest BCUT2D eigenvalue weighted by molar-refractivity contribution is 6.39. The molecule has 1 aromatic carbocycles. The minimum atomic E-state index is -1.50. The van der Waals surface area contributed by atoms with Crippen LogP contribution in [0.15, 0.2) is 35.4 Å². The van der Waals surface area contributed by atoms with Crippen LogP contribution in [0.3, 0.4) is 0 Å². The maximum Gasteiger partial charge on any atom is 0.354 e. The van der Waals surface area contributed by atoms with Crippen molar-refractivity contribution >= 4 is 35.1 Å². The summed E-state index contributed by atoms with van der Waals surface area (Å²) in [6.45, 7) is 1.23. The maximum atomic E-state index is 13.0.